The monoisotopic (exact) mass is 364 g/mol. The Morgan fingerprint density at radius 3 is 2.36 bits per heavy atom. The topological polar surface area (TPSA) is 75.6 Å². The normalized spacial score (nSPS) is 16.5. The Hall–Kier alpha value is -1.77. The predicted molar refractivity (Wildman–Crippen MR) is 98.3 cm³/mol. The zero-order chi connectivity index (χ0) is 17.9. The van der Waals surface area contributed by atoms with Crippen LogP contribution in [-0.4, -0.2) is 68.3 Å². The minimum Gasteiger partial charge on any atom is -0.385 e. The summed E-state index contributed by atoms with van der Waals surface area (Å²) in [6.07, 6.45) is 0.522. The fraction of sp³-hybridized carbons (Fsp3) is 0.529. The molecule has 2 heterocycles. The number of ether oxygens (including phenoxy) is 1. The average Bonchev–Trinajstić information content (AvgIpc) is 2.61. The largest absolute Gasteiger partial charge is 0.385 e. The molecule has 0 N–H and O–H groups in total. The van der Waals surface area contributed by atoms with E-state index in [9.17, 15) is 8.42 Å². The Labute approximate surface area is 148 Å². The lowest BCUT2D eigenvalue weighted by Crippen LogP contribution is -2.49. The number of piperazine rings is 1. The summed E-state index contributed by atoms with van der Waals surface area (Å²) in [6, 6.07) is 7.79. The lowest BCUT2D eigenvalue weighted by molar-refractivity contribution is 0.199. The standard InChI is InChI=1S/C17H24N4O3S/c1-14-17(19-16-7-4-3-6-15(16)18-14)20-8-10-21(11-9-20)25(22,23)13-5-12-24-2/h3-4,6-7H,5,8-13H2,1-2H3. The molecule has 1 aliphatic rings. The third-order valence-corrected chi connectivity index (χ3v) is 6.36. The predicted octanol–water partition coefficient (Wildman–Crippen LogP) is 1.43. The highest BCUT2D eigenvalue weighted by molar-refractivity contribution is 7.89. The number of fused-ring (bicyclic) bond motifs is 1. The van der Waals surface area contributed by atoms with E-state index in [2.05, 4.69) is 9.88 Å². The van der Waals surface area contributed by atoms with Gasteiger partial charge >= 0.3 is 0 Å². The van der Waals surface area contributed by atoms with Crippen LogP contribution in [0.25, 0.3) is 11.0 Å². The molecule has 0 saturated carbocycles. The van der Waals surface area contributed by atoms with Crippen LogP contribution in [0.3, 0.4) is 0 Å². The van der Waals surface area contributed by atoms with Crippen LogP contribution in [0.4, 0.5) is 5.82 Å². The maximum absolute atomic E-state index is 12.4. The maximum Gasteiger partial charge on any atom is 0.214 e. The fourth-order valence-corrected chi connectivity index (χ4v) is 4.53. The molecule has 7 nitrogen and oxygen atoms in total. The summed E-state index contributed by atoms with van der Waals surface area (Å²) in [5.74, 6) is 0.977. The zero-order valence-corrected chi connectivity index (χ0v) is 15.5. The van der Waals surface area contributed by atoms with Crippen molar-refractivity contribution < 1.29 is 13.2 Å². The van der Waals surface area contributed by atoms with Gasteiger partial charge in [0.2, 0.25) is 10.0 Å². The summed E-state index contributed by atoms with van der Waals surface area (Å²) >= 11 is 0. The van der Waals surface area contributed by atoms with Gasteiger partial charge in [0.05, 0.1) is 22.5 Å². The molecule has 0 atom stereocenters. The Morgan fingerprint density at radius 1 is 1.08 bits per heavy atom. The molecule has 0 radical (unpaired) electrons. The van der Waals surface area contributed by atoms with Gasteiger partial charge in [0.25, 0.3) is 0 Å². The quantitative estimate of drug-likeness (QED) is 0.722. The number of methoxy groups -OCH3 is 1. The van der Waals surface area contributed by atoms with Crippen molar-refractivity contribution >= 4 is 26.9 Å². The molecule has 1 aromatic heterocycles. The Bertz CT molecular complexity index is 833. The highest BCUT2D eigenvalue weighted by Gasteiger charge is 2.27. The smallest absolute Gasteiger partial charge is 0.214 e. The van der Waals surface area contributed by atoms with Crippen LogP contribution in [-0.2, 0) is 14.8 Å². The van der Waals surface area contributed by atoms with Gasteiger partial charge < -0.3 is 9.64 Å². The van der Waals surface area contributed by atoms with E-state index in [0.29, 0.717) is 39.2 Å². The summed E-state index contributed by atoms with van der Waals surface area (Å²) in [5, 5.41) is 0. The molecule has 2 aromatic rings. The molecule has 0 unspecified atom stereocenters. The average molecular weight is 364 g/mol. The van der Waals surface area contributed by atoms with Crippen molar-refractivity contribution in [1.82, 2.24) is 14.3 Å². The first-order chi connectivity index (χ1) is 12.0. The number of aromatic nitrogens is 2. The summed E-state index contributed by atoms with van der Waals surface area (Å²) in [6.45, 7) is 4.61. The van der Waals surface area contributed by atoms with Gasteiger partial charge in [-0.15, -0.1) is 0 Å². The maximum atomic E-state index is 12.4. The van der Waals surface area contributed by atoms with Gasteiger partial charge in [0.1, 0.15) is 0 Å². The number of hydrogen-bond acceptors (Lipinski definition) is 6. The van der Waals surface area contributed by atoms with E-state index in [1.54, 1.807) is 11.4 Å². The first-order valence-corrected chi connectivity index (χ1v) is 10.1. The third-order valence-electron chi connectivity index (χ3n) is 4.40. The molecule has 1 saturated heterocycles. The third kappa shape index (κ3) is 4.08. The van der Waals surface area contributed by atoms with E-state index >= 15 is 0 Å². The summed E-state index contributed by atoms with van der Waals surface area (Å²) in [7, 11) is -1.63. The Balaban J connectivity index is 1.69. The molecule has 0 spiro atoms. The van der Waals surface area contributed by atoms with Crippen molar-refractivity contribution in [3.8, 4) is 0 Å². The second-order valence-corrected chi connectivity index (χ2v) is 8.26. The summed E-state index contributed by atoms with van der Waals surface area (Å²) in [5.41, 5.74) is 2.61. The van der Waals surface area contributed by atoms with Crippen molar-refractivity contribution in [3.05, 3.63) is 30.0 Å². The summed E-state index contributed by atoms with van der Waals surface area (Å²) in [4.78, 5) is 11.5. The van der Waals surface area contributed by atoms with Crippen molar-refractivity contribution in [2.75, 3.05) is 50.5 Å². The number of aryl methyl sites for hydroxylation is 1. The van der Waals surface area contributed by atoms with Gasteiger partial charge in [-0.25, -0.2) is 18.4 Å². The van der Waals surface area contributed by atoms with Gasteiger partial charge in [-0.1, -0.05) is 12.1 Å². The van der Waals surface area contributed by atoms with Gasteiger partial charge in [0.15, 0.2) is 5.82 Å². The van der Waals surface area contributed by atoms with Crippen LogP contribution in [0.5, 0.6) is 0 Å². The number of benzene rings is 1. The van der Waals surface area contributed by atoms with Crippen LogP contribution < -0.4 is 4.90 Å². The SMILES string of the molecule is COCCCS(=O)(=O)N1CCN(c2nc3ccccc3nc2C)CC1. The number of rotatable bonds is 6. The molecule has 0 bridgehead atoms. The minimum absolute atomic E-state index is 0.135. The van der Waals surface area contributed by atoms with Gasteiger partial charge in [-0.3, -0.25) is 0 Å². The van der Waals surface area contributed by atoms with E-state index in [0.717, 1.165) is 22.5 Å². The first-order valence-electron chi connectivity index (χ1n) is 8.46. The lowest BCUT2D eigenvalue weighted by Gasteiger charge is -2.35. The van der Waals surface area contributed by atoms with E-state index < -0.39 is 10.0 Å². The number of para-hydroxylation sites is 2. The second kappa shape index (κ2) is 7.63. The van der Waals surface area contributed by atoms with Crippen molar-refractivity contribution in [2.24, 2.45) is 0 Å². The number of hydrogen-bond donors (Lipinski definition) is 0. The highest BCUT2D eigenvalue weighted by atomic mass is 32.2. The van der Waals surface area contributed by atoms with Crippen molar-refractivity contribution in [2.45, 2.75) is 13.3 Å². The number of sulfonamides is 1. The van der Waals surface area contributed by atoms with Gasteiger partial charge in [-0.2, -0.15) is 4.31 Å². The van der Waals surface area contributed by atoms with Crippen LogP contribution in [0, 0.1) is 6.92 Å². The van der Waals surface area contributed by atoms with Gasteiger partial charge in [0, 0.05) is 39.9 Å². The zero-order valence-electron chi connectivity index (χ0n) is 14.7. The number of nitrogens with zero attached hydrogens (tertiary/aromatic N) is 4. The lowest BCUT2D eigenvalue weighted by atomic mass is 10.2. The molecule has 1 aromatic carbocycles. The van der Waals surface area contributed by atoms with E-state index in [-0.39, 0.29) is 5.75 Å². The van der Waals surface area contributed by atoms with Crippen molar-refractivity contribution in [3.63, 3.8) is 0 Å². The molecular weight excluding hydrogens is 340 g/mol. The van der Waals surface area contributed by atoms with Crippen LogP contribution in [0.2, 0.25) is 0 Å². The summed E-state index contributed by atoms with van der Waals surface area (Å²) < 4.78 is 31.3. The van der Waals surface area contributed by atoms with Crippen LogP contribution in [0.1, 0.15) is 12.1 Å². The first kappa shape index (κ1) is 18.0. The van der Waals surface area contributed by atoms with E-state index in [1.165, 1.54) is 0 Å². The van der Waals surface area contributed by atoms with E-state index in [4.69, 9.17) is 9.72 Å². The van der Waals surface area contributed by atoms with E-state index in [1.807, 2.05) is 31.2 Å². The molecule has 25 heavy (non-hydrogen) atoms. The molecule has 1 aliphatic heterocycles. The Morgan fingerprint density at radius 2 is 1.72 bits per heavy atom. The van der Waals surface area contributed by atoms with Crippen LogP contribution >= 0.6 is 0 Å². The highest BCUT2D eigenvalue weighted by Crippen LogP contribution is 2.22. The minimum atomic E-state index is -3.22. The molecule has 136 valence electrons. The molecule has 1 fully saturated rings. The molecule has 0 amide bonds. The molecule has 0 aliphatic carbocycles. The Kier molecular flexibility index (Phi) is 5.51. The number of anilines is 1. The second-order valence-electron chi connectivity index (χ2n) is 6.17. The molecule has 8 heteroatoms. The fourth-order valence-electron chi connectivity index (χ4n) is 3.07. The molecule has 3 rings (SSSR count). The van der Waals surface area contributed by atoms with Crippen LogP contribution in [0.15, 0.2) is 24.3 Å². The van der Waals surface area contributed by atoms with Gasteiger partial charge in [-0.05, 0) is 25.5 Å². The van der Waals surface area contributed by atoms with Crippen molar-refractivity contribution in [1.29, 1.82) is 0 Å². The molecular formula is C17H24N4O3S.